The fourth-order valence-electron chi connectivity index (χ4n) is 1.74. The van der Waals surface area contributed by atoms with Gasteiger partial charge in [0.2, 0.25) is 0 Å². The molecule has 0 aliphatic carbocycles. The normalized spacial score (nSPS) is 11.5. The lowest BCUT2D eigenvalue weighted by molar-refractivity contribution is -0.137. The number of ketones is 1. The molecule has 0 saturated carbocycles. The second-order valence-electron chi connectivity index (χ2n) is 4.26. The van der Waals surface area contributed by atoms with Crippen molar-refractivity contribution in [1.29, 1.82) is 0 Å². The molecule has 0 saturated heterocycles. The van der Waals surface area contributed by atoms with Crippen molar-refractivity contribution in [2.75, 3.05) is 5.73 Å². The highest BCUT2D eigenvalue weighted by atomic mass is 35.5. The maximum absolute atomic E-state index is 13.6. The number of benzene rings is 2. The van der Waals surface area contributed by atoms with Gasteiger partial charge in [0, 0.05) is 11.3 Å². The van der Waals surface area contributed by atoms with Gasteiger partial charge in [0.15, 0.2) is 5.78 Å². The van der Waals surface area contributed by atoms with E-state index in [-0.39, 0.29) is 16.3 Å². The Kier molecular flexibility index (Phi) is 3.91. The van der Waals surface area contributed by atoms with Crippen molar-refractivity contribution in [2.45, 2.75) is 6.18 Å². The predicted molar refractivity (Wildman–Crippen MR) is 70.7 cm³/mol. The fourth-order valence-corrected chi connectivity index (χ4v) is 2.01. The van der Waals surface area contributed by atoms with Crippen LogP contribution in [0.25, 0.3) is 0 Å². The second kappa shape index (κ2) is 5.37. The van der Waals surface area contributed by atoms with E-state index in [0.717, 1.165) is 0 Å². The first kappa shape index (κ1) is 15.3. The monoisotopic (exact) mass is 317 g/mol. The fraction of sp³-hybridized carbons (Fsp3) is 0.0714. The number of carbonyl (C=O) groups excluding carboxylic acids is 1. The Hall–Kier alpha value is -2.08. The highest BCUT2D eigenvalue weighted by Gasteiger charge is 2.32. The van der Waals surface area contributed by atoms with E-state index in [1.165, 1.54) is 18.2 Å². The average molecular weight is 318 g/mol. The van der Waals surface area contributed by atoms with Gasteiger partial charge in [-0.25, -0.2) is 4.39 Å². The van der Waals surface area contributed by atoms with E-state index in [4.69, 9.17) is 17.3 Å². The third kappa shape index (κ3) is 3.16. The van der Waals surface area contributed by atoms with Crippen LogP contribution < -0.4 is 5.73 Å². The number of rotatable bonds is 2. The molecule has 2 aromatic rings. The highest BCUT2D eigenvalue weighted by molar-refractivity contribution is 6.35. The maximum atomic E-state index is 13.6. The average Bonchev–Trinajstić information content (AvgIpc) is 2.37. The minimum absolute atomic E-state index is 0.0585. The van der Waals surface area contributed by atoms with E-state index in [1.54, 1.807) is 0 Å². The molecule has 110 valence electrons. The Labute approximate surface area is 122 Å². The minimum atomic E-state index is -4.67. The third-order valence-corrected chi connectivity index (χ3v) is 3.09. The summed E-state index contributed by atoms with van der Waals surface area (Å²) < 4.78 is 51.5. The van der Waals surface area contributed by atoms with Crippen LogP contribution in [0.1, 0.15) is 21.5 Å². The number of nitrogen functional groups attached to an aromatic ring is 1. The molecule has 0 spiro atoms. The van der Waals surface area contributed by atoms with Crippen LogP contribution in [-0.4, -0.2) is 5.78 Å². The van der Waals surface area contributed by atoms with Crippen LogP contribution in [0.4, 0.5) is 23.2 Å². The Morgan fingerprint density at radius 3 is 2.29 bits per heavy atom. The van der Waals surface area contributed by atoms with E-state index in [1.807, 2.05) is 0 Å². The standard InChI is InChI=1S/C14H8ClF4NO/c15-11-6-8(20)2-3-9(11)13(21)10-5-7(14(17,18)19)1-4-12(10)16/h1-6H,20H2. The number of halogens is 5. The lowest BCUT2D eigenvalue weighted by atomic mass is 10.00. The van der Waals surface area contributed by atoms with Crippen molar-refractivity contribution >= 4 is 23.1 Å². The van der Waals surface area contributed by atoms with Gasteiger partial charge in [-0.05, 0) is 36.4 Å². The van der Waals surface area contributed by atoms with E-state index in [0.29, 0.717) is 18.2 Å². The summed E-state index contributed by atoms with van der Waals surface area (Å²) in [6.45, 7) is 0. The van der Waals surface area contributed by atoms with Gasteiger partial charge in [-0.15, -0.1) is 0 Å². The minimum Gasteiger partial charge on any atom is -0.399 e. The molecule has 2 nitrogen and oxygen atoms in total. The van der Waals surface area contributed by atoms with Crippen LogP contribution in [0.5, 0.6) is 0 Å². The van der Waals surface area contributed by atoms with Gasteiger partial charge in [-0.1, -0.05) is 11.6 Å². The van der Waals surface area contributed by atoms with Crippen LogP contribution in [0.3, 0.4) is 0 Å². The van der Waals surface area contributed by atoms with Gasteiger partial charge < -0.3 is 5.73 Å². The number of alkyl halides is 3. The van der Waals surface area contributed by atoms with Gasteiger partial charge in [-0.2, -0.15) is 13.2 Å². The summed E-state index contributed by atoms with van der Waals surface area (Å²) in [4.78, 5) is 12.1. The number of carbonyl (C=O) groups is 1. The Bertz CT molecular complexity index is 713. The molecule has 2 aromatic carbocycles. The first-order chi connectivity index (χ1) is 9.70. The molecule has 0 aliphatic rings. The molecule has 0 unspecified atom stereocenters. The summed E-state index contributed by atoms with van der Waals surface area (Å²) in [6.07, 6.45) is -4.67. The summed E-state index contributed by atoms with van der Waals surface area (Å²) in [6, 6.07) is 5.48. The van der Waals surface area contributed by atoms with Crippen LogP contribution in [0, 0.1) is 5.82 Å². The van der Waals surface area contributed by atoms with Gasteiger partial charge in [0.1, 0.15) is 5.82 Å². The first-order valence-electron chi connectivity index (χ1n) is 5.66. The van der Waals surface area contributed by atoms with Crippen molar-refractivity contribution in [2.24, 2.45) is 0 Å². The topological polar surface area (TPSA) is 43.1 Å². The maximum Gasteiger partial charge on any atom is 0.416 e. The lowest BCUT2D eigenvalue weighted by Crippen LogP contribution is -2.10. The predicted octanol–water partition coefficient (Wildman–Crippen LogP) is 4.31. The Morgan fingerprint density at radius 1 is 1.05 bits per heavy atom. The van der Waals surface area contributed by atoms with Crippen molar-refractivity contribution < 1.29 is 22.4 Å². The molecule has 21 heavy (non-hydrogen) atoms. The largest absolute Gasteiger partial charge is 0.416 e. The molecular weight excluding hydrogens is 310 g/mol. The van der Waals surface area contributed by atoms with E-state index in [2.05, 4.69) is 0 Å². The molecule has 0 fully saturated rings. The molecule has 2 rings (SSSR count). The smallest absolute Gasteiger partial charge is 0.399 e. The first-order valence-corrected chi connectivity index (χ1v) is 6.04. The molecule has 0 atom stereocenters. The van der Waals surface area contributed by atoms with Crippen molar-refractivity contribution in [1.82, 2.24) is 0 Å². The summed E-state index contributed by atoms with van der Waals surface area (Å²) in [5, 5.41) is -0.0585. The Morgan fingerprint density at radius 2 is 1.71 bits per heavy atom. The molecule has 2 N–H and O–H groups in total. The molecule has 0 radical (unpaired) electrons. The quantitative estimate of drug-likeness (QED) is 0.509. The van der Waals surface area contributed by atoms with Gasteiger partial charge in [0.25, 0.3) is 0 Å². The number of hydrogen-bond acceptors (Lipinski definition) is 2. The summed E-state index contributed by atoms with van der Waals surface area (Å²) in [7, 11) is 0. The zero-order valence-electron chi connectivity index (χ0n) is 10.3. The van der Waals surface area contributed by atoms with E-state index >= 15 is 0 Å². The number of nitrogens with two attached hydrogens (primary N) is 1. The van der Waals surface area contributed by atoms with Gasteiger partial charge >= 0.3 is 6.18 Å². The zero-order chi connectivity index (χ0) is 15.8. The summed E-state index contributed by atoms with van der Waals surface area (Å²) in [5.74, 6) is -2.00. The summed E-state index contributed by atoms with van der Waals surface area (Å²) >= 11 is 5.81. The van der Waals surface area contributed by atoms with Crippen LogP contribution in [0.15, 0.2) is 36.4 Å². The molecule has 0 aliphatic heterocycles. The van der Waals surface area contributed by atoms with Gasteiger partial charge in [0.05, 0.1) is 16.1 Å². The SMILES string of the molecule is Nc1ccc(C(=O)c2cc(C(F)(F)F)ccc2F)c(Cl)c1. The van der Waals surface area contributed by atoms with Crippen molar-refractivity contribution in [3.8, 4) is 0 Å². The van der Waals surface area contributed by atoms with Gasteiger partial charge in [-0.3, -0.25) is 4.79 Å². The number of anilines is 1. The zero-order valence-corrected chi connectivity index (χ0v) is 11.1. The molecule has 7 heteroatoms. The van der Waals surface area contributed by atoms with Crippen molar-refractivity contribution in [3.05, 3.63) is 63.9 Å². The number of hydrogen-bond donors (Lipinski definition) is 1. The molecule has 0 amide bonds. The van der Waals surface area contributed by atoms with E-state index in [9.17, 15) is 22.4 Å². The van der Waals surface area contributed by atoms with Crippen LogP contribution in [-0.2, 0) is 6.18 Å². The van der Waals surface area contributed by atoms with E-state index < -0.39 is 28.9 Å². The van der Waals surface area contributed by atoms with Crippen molar-refractivity contribution in [3.63, 3.8) is 0 Å². The Balaban J connectivity index is 2.53. The van der Waals surface area contributed by atoms with Crippen LogP contribution in [0.2, 0.25) is 5.02 Å². The second-order valence-corrected chi connectivity index (χ2v) is 4.67. The molecule has 0 heterocycles. The molecule has 0 aromatic heterocycles. The molecular formula is C14H8ClF4NO. The van der Waals surface area contributed by atoms with Crippen LogP contribution >= 0.6 is 11.6 Å². The lowest BCUT2D eigenvalue weighted by Gasteiger charge is -2.10. The molecule has 0 bridgehead atoms. The summed E-state index contributed by atoms with van der Waals surface area (Å²) in [5.41, 5.74) is 3.81. The highest BCUT2D eigenvalue weighted by Crippen LogP contribution is 2.31. The third-order valence-electron chi connectivity index (χ3n) is 2.78.